The molecule has 3 rings (SSSR count). The Labute approximate surface area is 160 Å². The van der Waals surface area contributed by atoms with E-state index in [1.807, 2.05) is 36.4 Å². The van der Waals surface area contributed by atoms with Crippen molar-refractivity contribution in [3.8, 4) is 11.4 Å². The number of hydrogen-bond acceptors (Lipinski definition) is 4. The fraction of sp³-hybridized carbons (Fsp3) is 0.100. The zero-order valence-electron chi connectivity index (χ0n) is 14.1. The van der Waals surface area contributed by atoms with Crippen LogP contribution in [-0.2, 0) is 16.6 Å². The van der Waals surface area contributed by atoms with E-state index in [1.165, 1.54) is 0 Å². The minimum absolute atomic E-state index is 0.298. The summed E-state index contributed by atoms with van der Waals surface area (Å²) in [6.45, 7) is 4.30. The molecule has 1 N–H and O–H groups in total. The van der Waals surface area contributed by atoms with E-state index in [1.54, 1.807) is 30.3 Å². The molecular formula is C20H18ClN3OS. The second kappa shape index (κ2) is 8.74. The first-order valence-electron chi connectivity index (χ1n) is 8.08. The summed E-state index contributed by atoms with van der Waals surface area (Å²) in [7, 11) is -1.22. The summed E-state index contributed by atoms with van der Waals surface area (Å²) in [5, 5.41) is 3.80. The number of nitrogens with zero attached hydrogens (tertiary/aromatic N) is 2. The maximum Gasteiger partial charge on any atom is 0.161 e. The lowest BCUT2D eigenvalue weighted by Crippen LogP contribution is -2.06. The van der Waals surface area contributed by atoms with Crippen molar-refractivity contribution in [2.24, 2.45) is 0 Å². The molecule has 6 heteroatoms. The third-order valence-electron chi connectivity index (χ3n) is 3.59. The minimum atomic E-state index is -1.22. The van der Waals surface area contributed by atoms with Crippen LogP contribution >= 0.6 is 11.6 Å². The number of halogens is 1. The van der Waals surface area contributed by atoms with Gasteiger partial charge < -0.3 is 5.32 Å². The van der Waals surface area contributed by atoms with Crippen molar-refractivity contribution in [3.05, 3.63) is 84.0 Å². The average molecular weight is 384 g/mol. The first-order chi connectivity index (χ1) is 12.7. The first kappa shape index (κ1) is 18.3. The van der Waals surface area contributed by atoms with Gasteiger partial charge in [-0.3, -0.25) is 4.21 Å². The highest BCUT2D eigenvalue weighted by molar-refractivity contribution is 7.84. The molecule has 0 unspecified atom stereocenters. The normalized spacial score (nSPS) is 11.7. The lowest BCUT2D eigenvalue weighted by Gasteiger charge is -2.09. The Morgan fingerprint density at radius 2 is 1.81 bits per heavy atom. The fourth-order valence-corrected chi connectivity index (χ4v) is 3.51. The van der Waals surface area contributed by atoms with Gasteiger partial charge in [0, 0.05) is 28.1 Å². The number of aromatic nitrogens is 2. The summed E-state index contributed by atoms with van der Waals surface area (Å²) in [6, 6.07) is 18.6. The van der Waals surface area contributed by atoms with Crippen molar-refractivity contribution in [1.82, 2.24) is 9.97 Å². The van der Waals surface area contributed by atoms with Gasteiger partial charge >= 0.3 is 0 Å². The lowest BCUT2D eigenvalue weighted by molar-refractivity contribution is 0.682. The second-order valence-electron chi connectivity index (χ2n) is 5.55. The molecule has 0 fully saturated rings. The van der Waals surface area contributed by atoms with E-state index >= 15 is 0 Å². The first-order valence-corrected chi connectivity index (χ1v) is 9.77. The van der Waals surface area contributed by atoms with Gasteiger partial charge in [-0.15, -0.1) is 6.58 Å². The Bertz CT molecular complexity index is 914. The fourth-order valence-electron chi connectivity index (χ4n) is 2.36. The van der Waals surface area contributed by atoms with Crippen LogP contribution in [0.25, 0.3) is 11.4 Å². The van der Waals surface area contributed by atoms with Crippen LogP contribution in [0.5, 0.6) is 0 Å². The SMILES string of the molecule is C=CCNc1cc(C[S@](=O)c2ccc(Cl)cc2)nc(-c2ccccc2)n1. The molecule has 0 saturated heterocycles. The highest BCUT2D eigenvalue weighted by atomic mass is 35.5. The van der Waals surface area contributed by atoms with Gasteiger partial charge in [-0.1, -0.05) is 48.0 Å². The Morgan fingerprint density at radius 1 is 1.08 bits per heavy atom. The maximum atomic E-state index is 12.7. The van der Waals surface area contributed by atoms with E-state index in [4.69, 9.17) is 11.6 Å². The summed E-state index contributed by atoms with van der Waals surface area (Å²) in [6.07, 6.45) is 1.76. The third-order valence-corrected chi connectivity index (χ3v) is 5.20. The zero-order chi connectivity index (χ0) is 18.4. The van der Waals surface area contributed by atoms with Crippen molar-refractivity contribution in [3.63, 3.8) is 0 Å². The van der Waals surface area contributed by atoms with Crippen LogP contribution < -0.4 is 5.32 Å². The molecule has 0 aliphatic heterocycles. The smallest absolute Gasteiger partial charge is 0.161 e. The third kappa shape index (κ3) is 4.77. The average Bonchev–Trinajstić information content (AvgIpc) is 2.67. The number of benzene rings is 2. The van der Waals surface area contributed by atoms with E-state index in [9.17, 15) is 4.21 Å². The maximum absolute atomic E-state index is 12.7. The summed E-state index contributed by atoms with van der Waals surface area (Å²) in [5.74, 6) is 1.58. The van der Waals surface area contributed by atoms with Gasteiger partial charge in [0.05, 0.1) is 22.2 Å². The highest BCUT2D eigenvalue weighted by Gasteiger charge is 2.11. The van der Waals surface area contributed by atoms with Crippen molar-refractivity contribution in [2.45, 2.75) is 10.6 Å². The molecule has 1 heterocycles. The minimum Gasteiger partial charge on any atom is -0.366 e. The number of nitrogens with one attached hydrogen (secondary N) is 1. The van der Waals surface area contributed by atoms with Crippen LogP contribution in [0, 0.1) is 0 Å². The second-order valence-corrected chi connectivity index (χ2v) is 7.44. The molecule has 0 aliphatic rings. The highest BCUT2D eigenvalue weighted by Crippen LogP contribution is 2.20. The van der Waals surface area contributed by atoms with Crippen LogP contribution in [0.2, 0.25) is 5.02 Å². The molecule has 4 nitrogen and oxygen atoms in total. The van der Waals surface area contributed by atoms with Crippen LogP contribution in [0.3, 0.4) is 0 Å². The molecule has 0 radical (unpaired) electrons. The van der Waals surface area contributed by atoms with E-state index in [0.717, 1.165) is 10.5 Å². The van der Waals surface area contributed by atoms with Gasteiger partial charge in [0.2, 0.25) is 0 Å². The van der Waals surface area contributed by atoms with Gasteiger partial charge in [-0.2, -0.15) is 0 Å². The van der Waals surface area contributed by atoms with Crippen LogP contribution in [0.4, 0.5) is 5.82 Å². The molecule has 0 spiro atoms. The molecule has 2 aromatic carbocycles. The molecule has 0 saturated carbocycles. The molecule has 0 aliphatic carbocycles. The number of rotatable bonds is 7. The molecule has 3 aromatic rings. The standard InChI is InChI=1S/C20H18ClN3OS/c1-2-12-22-19-13-17(14-26(25)18-10-8-16(21)9-11-18)23-20(24-19)15-6-4-3-5-7-15/h2-11,13H,1,12,14H2,(H,22,23,24)/t26-/m0/s1. The van der Waals surface area contributed by atoms with E-state index in [0.29, 0.717) is 34.7 Å². The van der Waals surface area contributed by atoms with E-state index in [2.05, 4.69) is 21.9 Å². The molecule has 132 valence electrons. The van der Waals surface area contributed by atoms with Gasteiger partial charge in [0.15, 0.2) is 5.82 Å². The van der Waals surface area contributed by atoms with Gasteiger partial charge in [-0.05, 0) is 24.3 Å². The Kier molecular flexibility index (Phi) is 6.15. The Hall–Kier alpha value is -2.50. The summed E-state index contributed by atoms with van der Waals surface area (Å²) in [5.41, 5.74) is 1.62. The lowest BCUT2D eigenvalue weighted by atomic mass is 10.2. The van der Waals surface area contributed by atoms with Crippen LogP contribution in [0.1, 0.15) is 5.69 Å². The molecule has 0 amide bonds. The van der Waals surface area contributed by atoms with Crippen LogP contribution in [0.15, 0.2) is 78.2 Å². The monoisotopic (exact) mass is 383 g/mol. The number of hydrogen-bond donors (Lipinski definition) is 1. The largest absolute Gasteiger partial charge is 0.366 e. The predicted molar refractivity (Wildman–Crippen MR) is 108 cm³/mol. The van der Waals surface area contributed by atoms with E-state index < -0.39 is 10.8 Å². The Morgan fingerprint density at radius 3 is 2.50 bits per heavy atom. The molecule has 0 bridgehead atoms. The van der Waals surface area contributed by atoms with Crippen molar-refractivity contribution in [1.29, 1.82) is 0 Å². The van der Waals surface area contributed by atoms with Crippen molar-refractivity contribution < 1.29 is 4.21 Å². The molecule has 1 aromatic heterocycles. The van der Waals surface area contributed by atoms with Gasteiger partial charge in [0.1, 0.15) is 5.82 Å². The summed E-state index contributed by atoms with van der Waals surface area (Å²) >= 11 is 5.90. The zero-order valence-corrected chi connectivity index (χ0v) is 15.6. The summed E-state index contributed by atoms with van der Waals surface area (Å²) < 4.78 is 12.7. The summed E-state index contributed by atoms with van der Waals surface area (Å²) in [4.78, 5) is 9.86. The van der Waals surface area contributed by atoms with Crippen molar-refractivity contribution in [2.75, 3.05) is 11.9 Å². The molecule has 1 atom stereocenters. The topological polar surface area (TPSA) is 54.9 Å². The van der Waals surface area contributed by atoms with Crippen molar-refractivity contribution >= 4 is 28.2 Å². The molecule has 26 heavy (non-hydrogen) atoms. The van der Waals surface area contributed by atoms with E-state index in [-0.39, 0.29) is 0 Å². The van der Waals surface area contributed by atoms with Gasteiger partial charge in [0.25, 0.3) is 0 Å². The number of anilines is 1. The molecular weight excluding hydrogens is 366 g/mol. The van der Waals surface area contributed by atoms with Gasteiger partial charge in [-0.25, -0.2) is 9.97 Å². The predicted octanol–water partition coefficient (Wildman–Crippen LogP) is 4.70. The quantitative estimate of drug-likeness (QED) is 0.600. The van der Waals surface area contributed by atoms with Crippen LogP contribution in [-0.4, -0.2) is 20.7 Å². The Balaban J connectivity index is 1.90.